The van der Waals surface area contributed by atoms with E-state index in [-0.39, 0.29) is 30.4 Å². The van der Waals surface area contributed by atoms with Crippen molar-refractivity contribution < 1.29 is 15.0 Å². The maximum absolute atomic E-state index is 4.26. The standard InChI is InChI=1S/C5H5.C4H10N.C2H7Si.4CH3.2ClH.Hf/c1-2-4-5-3-1;1-4(2,3)5;1-3-2;;;;;;;/h1-3H,4H2;5H,1-3H3;3H,1-2H3;4*1H3;2*1H;/q;-1;;;;;;;;+1. The van der Waals surface area contributed by atoms with Crippen LogP contribution in [0.4, 0.5) is 0 Å². The molecular weight excluding hydrogens is 472 g/mol. The van der Waals surface area contributed by atoms with Gasteiger partial charge in [0.1, 0.15) is 0 Å². The van der Waals surface area contributed by atoms with Crippen LogP contribution in [0.25, 0.3) is 0 Å². The van der Waals surface area contributed by atoms with E-state index >= 15 is 0 Å². The van der Waals surface area contributed by atoms with Crippen LogP contribution in [0.2, 0.25) is 31.8 Å². The minimum absolute atomic E-state index is 0. The van der Waals surface area contributed by atoms with Gasteiger partial charge in [-0.2, -0.15) is 0 Å². The maximum Gasteiger partial charge on any atom is -0.147 e. The molecule has 0 saturated carbocycles. The fourth-order valence-electron chi connectivity index (χ4n) is 3.89. The molecule has 0 aromatic rings. The SMILES string of the molecule is C[SiH](C)[Hf]([CH3])([CH3])([CH3])([CH3])([NH]C(C)(C)C)[C]1=CC=CC1.Cl.Cl. The molecule has 5 heteroatoms. The van der Waals surface area contributed by atoms with Crippen molar-refractivity contribution >= 4 is 30.8 Å². The first kappa shape index (κ1) is 23.4. The van der Waals surface area contributed by atoms with Gasteiger partial charge in [0.25, 0.3) is 0 Å². The number of nitrogens with one attached hydrogen (secondary N) is 1. The Morgan fingerprint density at radius 2 is 1.50 bits per heavy atom. The van der Waals surface area contributed by atoms with Crippen LogP contribution >= 0.6 is 24.8 Å². The molecule has 0 unspecified atom stereocenters. The molecule has 0 bridgehead atoms. The van der Waals surface area contributed by atoms with Crippen LogP contribution in [-0.4, -0.2) is 11.5 Å². The molecule has 0 spiro atoms. The first-order valence-corrected chi connectivity index (χ1v) is 34.5. The van der Waals surface area contributed by atoms with Crippen LogP contribution in [-0.2, 0) is 15.0 Å². The van der Waals surface area contributed by atoms with Crippen LogP contribution in [0.3, 0.4) is 0 Å². The van der Waals surface area contributed by atoms with Gasteiger partial charge in [0, 0.05) is 0 Å². The van der Waals surface area contributed by atoms with Gasteiger partial charge in [0.2, 0.25) is 0 Å². The molecule has 123 valence electrons. The summed E-state index contributed by atoms with van der Waals surface area (Å²) in [5, 5.41) is 0. The second-order valence-electron chi connectivity index (χ2n) is 11.4. The van der Waals surface area contributed by atoms with Crippen LogP contribution < -0.4 is 3.30 Å². The van der Waals surface area contributed by atoms with E-state index in [1.54, 1.807) is 3.33 Å². The number of halogens is 2. The van der Waals surface area contributed by atoms with Crippen molar-refractivity contribution in [3.8, 4) is 0 Å². The molecule has 0 aliphatic heterocycles. The van der Waals surface area contributed by atoms with Gasteiger partial charge in [0.15, 0.2) is 0 Å². The minimum atomic E-state index is -4.09. The van der Waals surface area contributed by atoms with Gasteiger partial charge in [-0.3, -0.25) is 0 Å². The molecule has 0 aromatic heterocycles. The summed E-state index contributed by atoms with van der Waals surface area (Å²) in [6, 6.07) is 0. The van der Waals surface area contributed by atoms with Crippen molar-refractivity contribution in [3.05, 3.63) is 21.6 Å². The van der Waals surface area contributed by atoms with Crippen molar-refractivity contribution in [2.24, 2.45) is 0 Å². The van der Waals surface area contributed by atoms with Gasteiger partial charge in [0.05, 0.1) is 0 Å². The Kier molecular flexibility index (Phi) is 5.61. The molecule has 1 nitrogen and oxygen atoms in total. The summed E-state index contributed by atoms with van der Waals surface area (Å²) in [5.41, 5.74) is 0.165. The number of hydrogen-bond donors (Lipinski definition) is 1. The second-order valence-corrected chi connectivity index (χ2v) is 100. The molecule has 0 heterocycles. The van der Waals surface area contributed by atoms with Gasteiger partial charge in [-0.15, -0.1) is 24.8 Å². The molecular formula is C15H36Cl2HfNSi. The summed E-state index contributed by atoms with van der Waals surface area (Å²) in [7, 11) is 0. The summed E-state index contributed by atoms with van der Waals surface area (Å²) in [6.07, 6.45) is 8.14. The third-order valence-corrected chi connectivity index (χ3v) is 98.8. The maximum atomic E-state index is 4.26. The Labute approximate surface area is 134 Å². The summed E-state index contributed by atoms with van der Waals surface area (Å²) < 4.78 is 16.5. The van der Waals surface area contributed by atoms with E-state index in [1.807, 2.05) is 0 Å². The van der Waals surface area contributed by atoms with Crippen LogP contribution in [0.5, 0.6) is 0 Å². The Morgan fingerprint density at radius 1 is 1.05 bits per heavy atom. The first-order valence-electron chi connectivity index (χ1n) is 7.41. The summed E-state index contributed by atoms with van der Waals surface area (Å²) in [6.45, 7) is 12.0. The van der Waals surface area contributed by atoms with E-state index < -0.39 is 21.0 Å². The molecule has 1 aliphatic rings. The van der Waals surface area contributed by atoms with E-state index in [0.717, 1.165) is 6.42 Å². The smallest absolute Gasteiger partial charge is 0.147 e. The Hall–Kier alpha value is 1.11. The Balaban J connectivity index is 0. The van der Waals surface area contributed by atoms with Crippen molar-refractivity contribution in [3.63, 3.8) is 0 Å². The van der Waals surface area contributed by atoms with Crippen molar-refractivity contribution in [2.75, 3.05) is 0 Å². The summed E-state index contributed by atoms with van der Waals surface area (Å²) in [5.74, 6) is -0.919. The fraction of sp³-hybridized carbons (Fsp3) is 0.733. The van der Waals surface area contributed by atoms with Gasteiger partial charge < -0.3 is 0 Å². The Morgan fingerprint density at radius 3 is 1.75 bits per heavy atom. The van der Waals surface area contributed by atoms with E-state index in [2.05, 4.69) is 74.1 Å². The van der Waals surface area contributed by atoms with E-state index in [9.17, 15) is 0 Å². The molecule has 0 fully saturated rings. The van der Waals surface area contributed by atoms with Crippen molar-refractivity contribution in [1.82, 2.24) is 3.30 Å². The van der Waals surface area contributed by atoms with E-state index in [4.69, 9.17) is 0 Å². The molecule has 20 heavy (non-hydrogen) atoms. The van der Waals surface area contributed by atoms with E-state index in [1.165, 1.54) is 0 Å². The topological polar surface area (TPSA) is 12.0 Å². The molecule has 1 rings (SSSR count). The third-order valence-electron chi connectivity index (χ3n) is 6.30. The average molecular weight is 508 g/mol. The number of hydrogen-bond acceptors (Lipinski definition) is 1. The molecule has 1 aliphatic carbocycles. The van der Waals surface area contributed by atoms with Gasteiger partial charge in [-0.05, 0) is 0 Å². The Bertz CT molecular complexity index is 459. The second kappa shape index (κ2) is 4.80. The van der Waals surface area contributed by atoms with E-state index in [0.29, 0.717) is 0 Å². The van der Waals surface area contributed by atoms with Crippen LogP contribution in [0.15, 0.2) is 21.6 Å². The number of allylic oxidation sites excluding steroid dienone is 4. The zero-order valence-corrected chi connectivity index (χ0v) is 21.2. The average Bonchev–Trinajstić information content (AvgIpc) is 2.48. The monoisotopic (exact) mass is 508 g/mol. The predicted molar refractivity (Wildman–Crippen MR) is 102 cm³/mol. The molecule has 0 radical (unpaired) electrons. The summed E-state index contributed by atoms with van der Waals surface area (Å²) in [4.78, 5) is 0. The predicted octanol–water partition coefficient (Wildman–Crippen LogP) is 5.91. The zero-order valence-electron chi connectivity index (χ0n) is 14.8. The molecule has 0 amide bonds. The molecule has 0 aromatic carbocycles. The van der Waals surface area contributed by atoms with Crippen molar-refractivity contribution in [1.29, 1.82) is 0 Å². The normalized spacial score (nSPS) is 20.9. The van der Waals surface area contributed by atoms with Gasteiger partial charge in [-0.1, -0.05) is 0 Å². The molecule has 0 atom stereocenters. The van der Waals surface area contributed by atoms with Gasteiger partial charge in [-0.25, -0.2) is 0 Å². The minimum Gasteiger partial charge on any atom is -0.147 e. The van der Waals surface area contributed by atoms with Crippen molar-refractivity contribution in [2.45, 2.75) is 64.5 Å². The molecule has 1 N–H and O–H groups in total. The van der Waals surface area contributed by atoms with Crippen LogP contribution in [0, 0.1) is 0 Å². The summed E-state index contributed by atoms with van der Waals surface area (Å²) >= 11 is -4.09. The third kappa shape index (κ3) is 3.71. The number of rotatable bonds is 3. The fourth-order valence-corrected chi connectivity index (χ4v) is 43.1. The zero-order chi connectivity index (χ0) is 14.6. The largest absolute Gasteiger partial charge is 0.147 e. The first-order chi connectivity index (χ1) is 7.54. The van der Waals surface area contributed by atoms with Crippen LogP contribution in [0.1, 0.15) is 27.2 Å². The van der Waals surface area contributed by atoms with Gasteiger partial charge >= 0.3 is 110 Å². The molecule has 0 saturated heterocycles. The quantitative estimate of drug-likeness (QED) is 0.468.